The summed E-state index contributed by atoms with van der Waals surface area (Å²) in [4.78, 5) is 14.9. The second kappa shape index (κ2) is 4.83. The number of carbonyl (C=O) groups excluding carboxylic acids is 1. The molecular formula is C12H10F3N3O. The molecule has 0 unspecified atom stereocenters. The van der Waals surface area contributed by atoms with Gasteiger partial charge < -0.3 is 0 Å². The lowest BCUT2D eigenvalue weighted by Crippen LogP contribution is -2.19. The van der Waals surface area contributed by atoms with Gasteiger partial charge in [-0.05, 0) is 19.1 Å². The molecule has 0 bridgehead atoms. The quantitative estimate of drug-likeness (QED) is 0.805. The van der Waals surface area contributed by atoms with Gasteiger partial charge in [0.25, 0.3) is 0 Å². The molecule has 2 heterocycles. The monoisotopic (exact) mass is 269 g/mol. The van der Waals surface area contributed by atoms with E-state index in [1.807, 2.05) is 0 Å². The third-order valence-corrected chi connectivity index (χ3v) is 2.65. The summed E-state index contributed by atoms with van der Waals surface area (Å²) in [6, 6.07) is 3.14. The van der Waals surface area contributed by atoms with Crippen molar-refractivity contribution in [2.24, 2.45) is 0 Å². The third-order valence-electron chi connectivity index (χ3n) is 2.65. The van der Waals surface area contributed by atoms with Gasteiger partial charge in [0.2, 0.25) is 0 Å². The molecule has 2 aromatic heterocycles. The van der Waals surface area contributed by atoms with Crippen molar-refractivity contribution in [1.29, 1.82) is 0 Å². The molecule has 0 saturated heterocycles. The molecule has 100 valence electrons. The predicted molar refractivity (Wildman–Crippen MR) is 61.6 cm³/mol. The molecule has 0 aliphatic rings. The van der Waals surface area contributed by atoms with E-state index in [9.17, 15) is 18.0 Å². The van der Waals surface area contributed by atoms with Gasteiger partial charge in [-0.3, -0.25) is 14.5 Å². The first-order valence-electron chi connectivity index (χ1n) is 5.42. The van der Waals surface area contributed by atoms with Gasteiger partial charge in [-0.1, -0.05) is 0 Å². The average molecular weight is 269 g/mol. The van der Waals surface area contributed by atoms with E-state index in [0.717, 1.165) is 4.68 Å². The van der Waals surface area contributed by atoms with Crippen LogP contribution in [0.15, 0.2) is 24.5 Å². The van der Waals surface area contributed by atoms with Crippen LogP contribution >= 0.6 is 0 Å². The zero-order valence-electron chi connectivity index (χ0n) is 9.98. The Labute approximate surface area is 106 Å². The summed E-state index contributed by atoms with van der Waals surface area (Å²) >= 11 is 0. The standard InChI is InChI=1S/C12H10F3N3O/c1-8-10(5-17-18(8)7-12(13,14)15)11-9(6-19)3-2-4-16-11/h2-6H,7H2,1H3. The number of hydrogen-bond donors (Lipinski definition) is 0. The fourth-order valence-corrected chi connectivity index (χ4v) is 1.75. The van der Waals surface area contributed by atoms with Crippen LogP contribution in [-0.2, 0) is 6.54 Å². The maximum Gasteiger partial charge on any atom is 0.408 e. The highest BCUT2D eigenvalue weighted by Crippen LogP contribution is 2.25. The van der Waals surface area contributed by atoms with Gasteiger partial charge in [0.15, 0.2) is 6.29 Å². The lowest BCUT2D eigenvalue weighted by Gasteiger charge is -2.09. The van der Waals surface area contributed by atoms with Crippen molar-refractivity contribution in [1.82, 2.24) is 14.8 Å². The number of nitrogens with zero attached hydrogens (tertiary/aromatic N) is 3. The molecule has 19 heavy (non-hydrogen) atoms. The number of alkyl halides is 3. The Morgan fingerprint density at radius 1 is 1.42 bits per heavy atom. The van der Waals surface area contributed by atoms with Gasteiger partial charge in [-0.2, -0.15) is 18.3 Å². The van der Waals surface area contributed by atoms with E-state index < -0.39 is 12.7 Å². The Morgan fingerprint density at radius 2 is 2.16 bits per heavy atom. The average Bonchev–Trinajstić information content (AvgIpc) is 2.69. The fraction of sp³-hybridized carbons (Fsp3) is 0.250. The molecule has 2 rings (SSSR count). The smallest absolute Gasteiger partial charge is 0.298 e. The molecule has 0 spiro atoms. The van der Waals surface area contributed by atoms with Crippen LogP contribution < -0.4 is 0 Å². The Balaban J connectivity index is 2.45. The highest BCUT2D eigenvalue weighted by Gasteiger charge is 2.29. The van der Waals surface area contributed by atoms with Crippen molar-refractivity contribution >= 4 is 6.29 Å². The Hall–Kier alpha value is -2.18. The number of aromatic nitrogens is 3. The van der Waals surface area contributed by atoms with Crippen LogP contribution in [0.1, 0.15) is 16.1 Å². The van der Waals surface area contributed by atoms with E-state index in [2.05, 4.69) is 10.1 Å². The van der Waals surface area contributed by atoms with Crippen LogP contribution in [0.25, 0.3) is 11.3 Å². The number of carbonyl (C=O) groups is 1. The van der Waals surface area contributed by atoms with E-state index in [1.165, 1.54) is 19.3 Å². The normalized spacial score (nSPS) is 11.6. The Morgan fingerprint density at radius 3 is 2.79 bits per heavy atom. The lowest BCUT2D eigenvalue weighted by atomic mass is 10.1. The van der Waals surface area contributed by atoms with Crippen LogP contribution in [0.2, 0.25) is 0 Å². The summed E-state index contributed by atoms with van der Waals surface area (Å²) in [5.74, 6) is 0. The molecule has 7 heteroatoms. The topological polar surface area (TPSA) is 47.8 Å². The van der Waals surface area contributed by atoms with Crippen molar-refractivity contribution < 1.29 is 18.0 Å². The second-order valence-electron chi connectivity index (χ2n) is 3.98. The van der Waals surface area contributed by atoms with E-state index in [1.54, 1.807) is 12.1 Å². The van der Waals surface area contributed by atoms with Crippen molar-refractivity contribution in [2.75, 3.05) is 0 Å². The molecule has 0 aromatic carbocycles. The number of rotatable bonds is 3. The first-order valence-corrected chi connectivity index (χ1v) is 5.42. The fourth-order valence-electron chi connectivity index (χ4n) is 1.75. The maximum atomic E-state index is 12.3. The van der Waals surface area contributed by atoms with Crippen molar-refractivity contribution in [3.63, 3.8) is 0 Å². The second-order valence-corrected chi connectivity index (χ2v) is 3.98. The van der Waals surface area contributed by atoms with Crippen LogP contribution in [-0.4, -0.2) is 27.2 Å². The molecule has 0 aliphatic heterocycles. The molecule has 0 atom stereocenters. The summed E-state index contributed by atoms with van der Waals surface area (Å²) in [7, 11) is 0. The van der Waals surface area contributed by atoms with Gasteiger partial charge in [0, 0.05) is 23.0 Å². The van der Waals surface area contributed by atoms with E-state index in [0.29, 0.717) is 28.8 Å². The molecule has 0 N–H and O–H groups in total. The van der Waals surface area contributed by atoms with Gasteiger partial charge in [0.1, 0.15) is 6.54 Å². The van der Waals surface area contributed by atoms with Gasteiger partial charge in [0.05, 0.1) is 11.9 Å². The van der Waals surface area contributed by atoms with Crippen molar-refractivity contribution in [3.8, 4) is 11.3 Å². The highest BCUT2D eigenvalue weighted by molar-refractivity contribution is 5.85. The van der Waals surface area contributed by atoms with Crippen LogP contribution in [0.5, 0.6) is 0 Å². The molecule has 0 aliphatic carbocycles. The minimum Gasteiger partial charge on any atom is -0.298 e. The predicted octanol–water partition coefficient (Wildman–Crippen LogP) is 2.63. The minimum atomic E-state index is -4.34. The molecule has 0 radical (unpaired) electrons. The lowest BCUT2D eigenvalue weighted by molar-refractivity contribution is -0.142. The summed E-state index contributed by atoms with van der Waals surface area (Å²) in [6.45, 7) is 0.347. The van der Waals surface area contributed by atoms with E-state index >= 15 is 0 Å². The number of aldehydes is 1. The number of hydrogen-bond acceptors (Lipinski definition) is 3. The number of pyridine rings is 1. The van der Waals surface area contributed by atoms with Crippen LogP contribution in [0.4, 0.5) is 13.2 Å². The first kappa shape index (κ1) is 13.3. The van der Waals surface area contributed by atoms with Crippen LogP contribution in [0, 0.1) is 6.92 Å². The van der Waals surface area contributed by atoms with E-state index in [-0.39, 0.29) is 0 Å². The van der Waals surface area contributed by atoms with Gasteiger partial charge in [-0.25, -0.2) is 0 Å². The molecule has 2 aromatic rings. The first-order chi connectivity index (χ1) is 8.92. The third kappa shape index (κ3) is 2.81. The number of halogens is 3. The minimum absolute atomic E-state index is 0.317. The molecule has 4 nitrogen and oxygen atoms in total. The summed E-state index contributed by atoms with van der Waals surface area (Å²) in [5.41, 5.74) is 1.40. The highest BCUT2D eigenvalue weighted by atomic mass is 19.4. The Kier molecular flexibility index (Phi) is 3.37. The van der Waals surface area contributed by atoms with Gasteiger partial charge >= 0.3 is 6.18 Å². The molecule has 0 saturated carbocycles. The summed E-state index contributed by atoms with van der Waals surface area (Å²) < 4.78 is 37.9. The van der Waals surface area contributed by atoms with Crippen LogP contribution in [0.3, 0.4) is 0 Å². The van der Waals surface area contributed by atoms with Gasteiger partial charge in [-0.15, -0.1) is 0 Å². The Bertz CT molecular complexity index is 605. The summed E-state index contributed by atoms with van der Waals surface area (Å²) in [6.07, 6.45) is -0.964. The SMILES string of the molecule is Cc1c(-c2ncccc2C=O)cnn1CC(F)(F)F. The molecule has 0 fully saturated rings. The molecule has 0 amide bonds. The summed E-state index contributed by atoms with van der Waals surface area (Å²) in [5, 5.41) is 3.69. The van der Waals surface area contributed by atoms with Crippen molar-refractivity contribution in [3.05, 3.63) is 35.8 Å². The zero-order valence-corrected chi connectivity index (χ0v) is 9.98. The largest absolute Gasteiger partial charge is 0.408 e. The van der Waals surface area contributed by atoms with Crippen molar-refractivity contribution in [2.45, 2.75) is 19.6 Å². The zero-order chi connectivity index (χ0) is 14.0. The van der Waals surface area contributed by atoms with E-state index in [4.69, 9.17) is 0 Å². The molecular weight excluding hydrogens is 259 g/mol. The maximum absolute atomic E-state index is 12.3.